The molecule has 2 aromatic rings. The SMILES string of the molecule is CCOc1cc(C(=O)CCC(=O)OCC(=O)Nc2ccc3c(c2)OCO3)ccc1O. The average molecular weight is 415 g/mol. The van der Waals surface area contributed by atoms with Gasteiger partial charge in [0.1, 0.15) is 0 Å². The van der Waals surface area contributed by atoms with Gasteiger partial charge in [-0.25, -0.2) is 0 Å². The first kappa shape index (κ1) is 21.0. The number of phenolic OH excluding ortho intramolecular Hbond substituents is 1. The maximum absolute atomic E-state index is 12.2. The van der Waals surface area contributed by atoms with Crippen molar-refractivity contribution in [1.82, 2.24) is 0 Å². The molecule has 2 N–H and O–H groups in total. The minimum absolute atomic E-state index is 0.0683. The summed E-state index contributed by atoms with van der Waals surface area (Å²) in [6.45, 7) is 1.74. The van der Waals surface area contributed by atoms with Gasteiger partial charge in [0, 0.05) is 23.7 Å². The zero-order valence-corrected chi connectivity index (χ0v) is 16.3. The molecule has 0 unspecified atom stereocenters. The number of amides is 1. The van der Waals surface area contributed by atoms with Crippen LogP contribution in [0.3, 0.4) is 0 Å². The third kappa shape index (κ3) is 5.40. The van der Waals surface area contributed by atoms with Gasteiger partial charge in [0.2, 0.25) is 6.79 Å². The Kier molecular flexibility index (Phi) is 6.74. The number of fused-ring (bicyclic) bond motifs is 1. The number of anilines is 1. The Balaban J connectivity index is 1.42. The number of phenols is 1. The van der Waals surface area contributed by atoms with Gasteiger partial charge in [0.05, 0.1) is 13.0 Å². The van der Waals surface area contributed by atoms with Gasteiger partial charge in [-0.05, 0) is 37.3 Å². The fourth-order valence-corrected chi connectivity index (χ4v) is 2.71. The van der Waals surface area contributed by atoms with Gasteiger partial charge in [-0.15, -0.1) is 0 Å². The van der Waals surface area contributed by atoms with E-state index in [9.17, 15) is 19.5 Å². The minimum Gasteiger partial charge on any atom is -0.504 e. The number of carbonyl (C=O) groups excluding carboxylic acids is 3. The number of aromatic hydroxyl groups is 1. The molecule has 0 aromatic heterocycles. The number of ketones is 1. The molecule has 158 valence electrons. The predicted molar refractivity (Wildman–Crippen MR) is 105 cm³/mol. The van der Waals surface area contributed by atoms with Crippen LogP contribution in [0.2, 0.25) is 0 Å². The van der Waals surface area contributed by atoms with Crippen molar-refractivity contribution in [2.24, 2.45) is 0 Å². The van der Waals surface area contributed by atoms with Gasteiger partial charge in [0.15, 0.2) is 35.4 Å². The lowest BCUT2D eigenvalue weighted by atomic mass is 10.1. The molecule has 3 rings (SSSR count). The fourth-order valence-electron chi connectivity index (χ4n) is 2.71. The zero-order valence-electron chi connectivity index (χ0n) is 16.3. The number of benzene rings is 2. The van der Waals surface area contributed by atoms with Crippen LogP contribution < -0.4 is 19.5 Å². The fraction of sp³-hybridized carbons (Fsp3) is 0.286. The van der Waals surface area contributed by atoms with Crippen molar-refractivity contribution < 1.29 is 38.4 Å². The van der Waals surface area contributed by atoms with E-state index in [1.54, 1.807) is 25.1 Å². The normalized spacial score (nSPS) is 11.6. The molecule has 0 spiro atoms. The van der Waals surface area contributed by atoms with Crippen molar-refractivity contribution in [1.29, 1.82) is 0 Å². The number of carbonyl (C=O) groups is 3. The summed E-state index contributed by atoms with van der Waals surface area (Å²) in [5, 5.41) is 12.3. The van der Waals surface area contributed by atoms with Crippen LogP contribution in [0.15, 0.2) is 36.4 Å². The van der Waals surface area contributed by atoms with Crippen LogP contribution in [-0.4, -0.2) is 42.8 Å². The number of Topliss-reactive ketones (excluding diaryl/α,β-unsaturated/α-hetero) is 1. The zero-order chi connectivity index (χ0) is 21.5. The number of ether oxygens (including phenoxy) is 4. The minimum atomic E-state index is -0.673. The van der Waals surface area contributed by atoms with E-state index in [1.165, 1.54) is 18.2 Å². The van der Waals surface area contributed by atoms with Crippen molar-refractivity contribution in [3.8, 4) is 23.0 Å². The molecule has 1 aliphatic heterocycles. The van der Waals surface area contributed by atoms with Gasteiger partial charge in [-0.3, -0.25) is 14.4 Å². The van der Waals surface area contributed by atoms with E-state index >= 15 is 0 Å². The molecule has 30 heavy (non-hydrogen) atoms. The standard InChI is InChI=1S/C21H21NO8/c1-2-27-18-9-13(3-5-16(18)24)15(23)6-8-21(26)28-11-20(25)22-14-4-7-17-19(10-14)30-12-29-17/h3-5,7,9-10,24H,2,6,8,11-12H2,1H3,(H,22,25). The molecule has 0 bridgehead atoms. The van der Waals surface area contributed by atoms with Crippen molar-refractivity contribution in [2.45, 2.75) is 19.8 Å². The molecule has 1 heterocycles. The molecule has 0 saturated carbocycles. The number of hydrogen-bond donors (Lipinski definition) is 2. The van der Waals surface area contributed by atoms with Crippen LogP contribution in [0.4, 0.5) is 5.69 Å². The summed E-state index contributed by atoms with van der Waals surface area (Å²) in [6, 6.07) is 9.14. The molecular weight excluding hydrogens is 394 g/mol. The van der Waals surface area contributed by atoms with Crippen LogP contribution in [0.25, 0.3) is 0 Å². The van der Waals surface area contributed by atoms with Crippen LogP contribution in [-0.2, 0) is 14.3 Å². The summed E-state index contributed by atoms with van der Waals surface area (Å²) in [6.07, 6.45) is -0.278. The van der Waals surface area contributed by atoms with Gasteiger partial charge < -0.3 is 29.4 Å². The number of rotatable bonds is 9. The second-order valence-corrected chi connectivity index (χ2v) is 6.32. The van der Waals surface area contributed by atoms with Crippen molar-refractivity contribution in [2.75, 3.05) is 25.3 Å². The van der Waals surface area contributed by atoms with E-state index in [-0.39, 0.29) is 36.9 Å². The lowest BCUT2D eigenvalue weighted by Crippen LogP contribution is -2.21. The van der Waals surface area contributed by atoms with E-state index in [1.807, 2.05) is 0 Å². The van der Waals surface area contributed by atoms with Crippen molar-refractivity contribution >= 4 is 23.3 Å². The molecule has 0 radical (unpaired) electrons. The van der Waals surface area contributed by atoms with Crippen LogP contribution in [0.5, 0.6) is 23.0 Å². The quantitative estimate of drug-likeness (QED) is 0.474. The van der Waals surface area contributed by atoms with Gasteiger partial charge in [-0.2, -0.15) is 0 Å². The van der Waals surface area contributed by atoms with E-state index in [0.29, 0.717) is 29.4 Å². The highest BCUT2D eigenvalue weighted by atomic mass is 16.7. The van der Waals surface area contributed by atoms with E-state index < -0.39 is 18.5 Å². The highest BCUT2D eigenvalue weighted by Crippen LogP contribution is 2.34. The first-order valence-corrected chi connectivity index (χ1v) is 9.30. The third-order valence-corrected chi connectivity index (χ3v) is 4.16. The van der Waals surface area contributed by atoms with E-state index in [2.05, 4.69) is 5.32 Å². The van der Waals surface area contributed by atoms with E-state index in [4.69, 9.17) is 18.9 Å². The summed E-state index contributed by atoms with van der Waals surface area (Å²) in [7, 11) is 0. The first-order chi connectivity index (χ1) is 14.5. The van der Waals surface area contributed by atoms with Crippen LogP contribution in [0.1, 0.15) is 30.1 Å². The number of esters is 1. The molecule has 0 saturated heterocycles. The monoisotopic (exact) mass is 415 g/mol. The molecule has 0 aliphatic carbocycles. The highest BCUT2D eigenvalue weighted by molar-refractivity contribution is 5.98. The number of nitrogens with one attached hydrogen (secondary N) is 1. The molecule has 0 fully saturated rings. The van der Waals surface area contributed by atoms with Crippen LogP contribution in [0, 0.1) is 0 Å². The van der Waals surface area contributed by atoms with Gasteiger partial charge in [-0.1, -0.05) is 0 Å². The summed E-state index contributed by atoms with van der Waals surface area (Å²) in [5.74, 6) is -0.261. The molecular formula is C21H21NO8. The molecule has 0 atom stereocenters. The third-order valence-electron chi connectivity index (χ3n) is 4.16. The van der Waals surface area contributed by atoms with Crippen molar-refractivity contribution in [3.05, 3.63) is 42.0 Å². The smallest absolute Gasteiger partial charge is 0.306 e. The second-order valence-electron chi connectivity index (χ2n) is 6.32. The van der Waals surface area contributed by atoms with Gasteiger partial charge in [0.25, 0.3) is 5.91 Å². The average Bonchev–Trinajstić information content (AvgIpc) is 3.20. The lowest BCUT2D eigenvalue weighted by Gasteiger charge is -2.08. The molecule has 9 nitrogen and oxygen atoms in total. The Morgan fingerprint density at radius 1 is 1.07 bits per heavy atom. The first-order valence-electron chi connectivity index (χ1n) is 9.30. The largest absolute Gasteiger partial charge is 0.504 e. The summed E-state index contributed by atoms with van der Waals surface area (Å²) < 4.78 is 20.6. The molecule has 9 heteroatoms. The summed E-state index contributed by atoms with van der Waals surface area (Å²) >= 11 is 0. The summed E-state index contributed by atoms with van der Waals surface area (Å²) in [4.78, 5) is 36.0. The Morgan fingerprint density at radius 3 is 2.67 bits per heavy atom. The Morgan fingerprint density at radius 2 is 1.87 bits per heavy atom. The lowest BCUT2D eigenvalue weighted by molar-refractivity contribution is -0.147. The Bertz CT molecular complexity index is 956. The van der Waals surface area contributed by atoms with E-state index in [0.717, 1.165) is 0 Å². The van der Waals surface area contributed by atoms with Crippen LogP contribution >= 0.6 is 0 Å². The van der Waals surface area contributed by atoms with Crippen molar-refractivity contribution in [3.63, 3.8) is 0 Å². The Hall–Kier alpha value is -3.75. The highest BCUT2D eigenvalue weighted by Gasteiger charge is 2.16. The predicted octanol–water partition coefficient (Wildman–Crippen LogP) is 2.66. The molecule has 2 aromatic carbocycles. The maximum atomic E-state index is 12.2. The molecule has 1 amide bonds. The van der Waals surface area contributed by atoms with Gasteiger partial charge >= 0.3 is 5.97 Å². The topological polar surface area (TPSA) is 120 Å². The summed E-state index contributed by atoms with van der Waals surface area (Å²) in [5.41, 5.74) is 0.789. The second kappa shape index (κ2) is 9.64. The molecule has 1 aliphatic rings. The maximum Gasteiger partial charge on any atom is 0.306 e. The Labute approximate surface area is 172 Å². The number of hydrogen-bond acceptors (Lipinski definition) is 8.